The zero-order valence-corrected chi connectivity index (χ0v) is 28.0. The lowest BCUT2D eigenvalue weighted by Gasteiger charge is -2.52. The lowest BCUT2D eigenvalue weighted by Crippen LogP contribution is -2.26. The standard InChI is InChI=1S/C41H36S3/c1-29-25-39-35(27-37(29)42-32-19-11-6-12-20-32)36-28-38(43-33-21-13-7-14-22-33)30(2)26-40(36)44(39,34-23-15-8-16-24-34)41(3,4)31-17-9-5-10-18-31/h5-28H,1-4H3. The van der Waals surface area contributed by atoms with Gasteiger partial charge in [0.15, 0.2) is 0 Å². The van der Waals surface area contributed by atoms with Gasteiger partial charge in [0.1, 0.15) is 0 Å². The third kappa shape index (κ3) is 4.83. The highest BCUT2D eigenvalue weighted by molar-refractivity contribution is 8.35. The van der Waals surface area contributed by atoms with Crippen LogP contribution in [0.4, 0.5) is 0 Å². The van der Waals surface area contributed by atoms with Crippen molar-refractivity contribution in [2.75, 3.05) is 0 Å². The van der Waals surface area contributed by atoms with Crippen molar-refractivity contribution in [3.05, 3.63) is 162 Å². The summed E-state index contributed by atoms with van der Waals surface area (Å²) in [6, 6.07) is 54.1. The van der Waals surface area contributed by atoms with Crippen LogP contribution in [0.1, 0.15) is 30.5 Å². The minimum absolute atomic E-state index is 0.170. The van der Waals surface area contributed by atoms with Crippen LogP contribution < -0.4 is 0 Å². The highest BCUT2D eigenvalue weighted by Gasteiger charge is 2.51. The van der Waals surface area contributed by atoms with E-state index in [2.05, 4.69) is 173 Å². The van der Waals surface area contributed by atoms with E-state index in [-0.39, 0.29) is 4.75 Å². The maximum Gasteiger partial charge on any atom is 0.0312 e. The Morgan fingerprint density at radius 2 is 0.864 bits per heavy atom. The third-order valence-corrected chi connectivity index (χ3v) is 15.9. The van der Waals surface area contributed by atoms with Crippen molar-refractivity contribution in [2.45, 2.75) is 66.7 Å². The quantitative estimate of drug-likeness (QED) is 0.173. The van der Waals surface area contributed by atoms with Gasteiger partial charge in [0, 0.05) is 34.1 Å². The molecule has 1 heterocycles. The van der Waals surface area contributed by atoms with Gasteiger partial charge in [-0.25, -0.2) is 0 Å². The molecule has 0 saturated heterocycles. The maximum atomic E-state index is 2.53. The molecule has 1 aliphatic rings. The zero-order valence-electron chi connectivity index (χ0n) is 25.6. The van der Waals surface area contributed by atoms with Crippen molar-refractivity contribution in [1.82, 2.24) is 0 Å². The van der Waals surface area contributed by atoms with Crippen LogP contribution in [0.3, 0.4) is 0 Å². The molecule has 0 aromatic heterocycles. The van der Waals surface area contributed by atoms with E-state index in [9.17, 15) is 0 Å². The third-order valence-electron chi connectivity index (χ3n) is 8.78. The lowest BCUT2D eigenvalue weighted by molar-refractivity contribution is 0.757. The summed E-state index contributed by atoms with van der Waals surface area (Å²) in [7, 11) is -1.73. The maximum absolute atomic E-state index is 2.53. The molecule has 6 aromatic carbocycles. The molecule has 0 unspecified atom stereocenters. The first kappa shape index (κ1) is 29.1. The number of rotatable bonds is 7. The van der Waals surface area contributed by atoms with Crippen LogP contribution in [0.2, 0.25) is 0 Å². The van der Waals surface area contributed by atoms with E-state index in [0.29, 0.717) is 0 Å². The molecule has 0 spiro atoms. The normalized spacial score (nSPS) is 14.1. The van der Waals surface area contributed by atoms with Gasteiger partial charge in [-0.15, -0.1) is 10.0 Å². The zero-order chi connectivity index (χ0) is 30.3. The van der Waals surface area contributed by atoms with Gasteiger partial charge < -0.3 is 0 Å². The molecule has 0 saturated carbocycles. The number of benzene rings is 6. The summed E-state index contributed by atoms with van der Waals surface area (Å²) in [5.74, 6) is 0. The molecule has 0 fully saturated rings. The fraction of sp³-hybridized carbons (Fsp3) is 0.122. The van der Waals surface area contributed by atoms with Crippen LogP contribution in [-0.4, -0.2) is 0 Å². The van der Waals surface area contributed by atoms with E-state index in [1.54, 1.807) is 0 Å². The predicted octanol–water partition coefficient (Wildman–Crippen LogP) is 12.8. The van der Waals surface area contributed by atoms with Crippen molar-refractivity contribution in [2.24, 2.45) is 0 Å². The van der Waals surface area contributed by atoms with Crippen LogP contribution in [0.15, 0.2) is 180 Å². The molecule has 0 N–H and O–H groups in total. The average Bonchev–Trinajstić information content (AvgIpc) is 3.32. The largest absolute Gasteiger partial charge is 0.150 e. The van der Waals surface area contributed by atoms with Gasteiger partial charge >= 0.3 is 0 Å². The van der Waals surface area contributed by atoms with E-state index < -0.39 is 10.0 Å². The molecule has 0 bridgehead atoms. The van der Waals surface area contributed by atoms with Crippen LogP contribution in [0, 0.1) is 13.8 Å². The monoisotopic (exact) mass is 624 g/mol. The van der Waals surface area contributed by atoms with Crippen LogP contribution in [0.5, 0.6) is 0 Å². The molecule has 218 valence electrons. The molecule has 44 heavy (non-hydrogen) atoms. The molecule has 3 heteroatoms. The second-order valence-corrected chi connectivity index (χ2v) is 17.7. The van der Waals surface area contributed by atoms with Crippen molar-refractivity contribution in [3.8, 4) is 11.1 Å². The second-order valence-electron chi connectivity index (χ2n) is 11.9. The summed E-state index contributed by atoms with van der Waals surface area (Å²) in [5.41, 5.74) is 6.79. The number of fused-ring (bicyclic) bond motifs is 3. The molecule has 1 aliphatic heterocycles. The Bertz CT molecular complexity index is 1830. The first-order chi connectivity index (χ1) is 21.4. The molecule has 0 radical (unpaired) electrons. The Kier molecular flexibility index (Phi) is 7.74. The fourth-order valence-corrected chi connectivity index (χ4v) is 13.6. The molecular formula is C41H36S3. The van der Waals surface area contributed by atoms with E-state index >= 15 is 0 Å². The molecule has 0 aliphatic carbocycles. The lowest BCUT2D eigenvalue weighted by atomic mass is 10.0. The summed E-state index contributed by atoms with van der Waals surface area (Å²) < 4.78 is -0.170. The van der Waals surface area contributed by atoms with E-state index in [4.69, 9.17) is 0 Å². The SMILES string of the molecule is Cc1cc2c(cc1Sc1ccccc1)-c1cc(Sc3ccccc3)c(C)cc1S2(c1ccccc1)C(C)(C)c1ccccc1. The number of aryl methyl sites for hydroxylation is 2. The van der Waals surface area contributed by atoms with Crippen molar-refractivity contribution in [1.29, 1.82) is 0 Å². The first-order valence-electron chi connectivity index (χ1n) is 15.1. The van der Waals surface area contributed by atoms with E-state index in [1.165, 1.54) is 62.1 Å². The summed E-state index contributed by atoms with van der Waals surface area (Å²) >= 11 is 3.74. The topological polar surface area (TPSA) is 0 Å². The van der Waals surface area contributed by atoms with Gasteiger partial charge in [-0.3, -0.25) is 0 Å². The molecule has 0 amide bonds. The van der Waals surface area contributed by atoms with Gasteiger partial charge in [-0.1, -0.05) is 108 Å². The van der Waals surface area contributed by atoms with Gasteiger partial charge in [0.25, 0.3) is 0 Å². The highest BCUT2D eigenvalue weighted by atomic mass is 32.3. The fourth-order valence-electron chi connectivity index (χ4n) is 6.56. The summed E-state index contributed by atoms with van der Waals surface area (Å²) in [6.07, 6.45) is 0. The van der Waals surface area contributed by atoms with Crippen molar-refractivity contribution >= 4 is 33.6 Å². The van der Waals surface area contributed by atoms with Gasteiger partial charge in [0.05, 0.1) is 0 Å². The molecule has 0 nitrogen and oxygen atoms in total. The smallest absolute Gasteiger partial charge is 0.0312 e. The Morgan fingerprint density at radius 3 is 1.30 bits per heavy atom. The van der Waals surface area contributed by atoms with Crippen LogP contribution >= 0.6 is 33.6 Å². The molecule has 0 atom stereocenters. The molecule has 7 rings (SSSR count). The summed E-state index contributed by atoms with van der Waals surface area (Å²) in [6.45, 7) is 9.54. The number of hydrogen-bond donors (Lipinski definition) is 0. The van der Waals surface area contributed by atoms with E-state index in [1.807, 2.05) is 23.5 Å². The predicted molar refractivity (Wildman–Crippen MR) is 191 cm³/mol. The van der Waals surface area contributed by atoms with Crippen molar-refractivity contribution in [3.63, 3.8) is 0 Å². The Labute approximate surface area is 272 Å². The number of hydrogen-bond acceptors (Lipinski definition) is 2. The van der Waals surface area contributed by atoms with Gasteiger partial charge in [-0.05, 0) is 121 Å². The van der Waals surface area contributed by atoms with Crippen LogP contribution in [-0.2, 0) is 4.75 Å². The minimum atomic E-state index is -1.73. The molecular weight excluding hydrogens is 589 g/mol. The van der Waals surface area contributed by atoms with Crippen LogP contribution in [0.25, 0.3) is 11.1 Å². The van der Waals surface area contributed by atoms with Gasteiger partial charge in [-0.2, -0.15) is 0 Å². The van der Waals surface area contributed by atoms with Crippen molar-refractivity contribution < 1.29 is 0 Å². The summed E-state index contributed by atoms with van der Waals surface area (Å²) in [4.78, 5) is 9.54. The van der Waals surface area contributed by atoms with Gasteiger partial charge in [0.2, 0.25) is 0 Å². The van der Waals surface area contributed by atoms with E-state index in [0.717, 1.165) is 0 Å². The minimum Gasteiger partial charge on any atom is -0.150 e. The average molecular weight is 625 g/mol. The Morgan fingerprint density at radius 1 is 0.477 bits per heavy atom. The second kappa shape index (κ2) is 11.7. The highest BCUT2D eigenvalue weighted by Crippen LogP contribution is 2.84. The Balaban J connectivity index is 1.54. The first-order valence-corrected chi connectivity index (χ1v) is 18.4. The summed E-state index contributed by atoms with van der Waals surface area (Å²) in [5, 5.41) is 0. The Hall–Kier alpha value is -3.63. The molecule has 6 aromatic rings.